The normalized spacial score (nSPS) is 23.5. The number of carboxylic acid groups (broad SMARTS) is 1. The van der Waals surface area contributed by atoms with Gasteiger partial charge in [0.2, 0.25) is 0 Å². The Morgan fingerprint density at radius 1 is 1.40 bits per heavy atom. The van der Waals surface area contributed by atoms with Crippen LogP contribution in [0.2, 0.25) is 0 Å². The van der Waals surface area contributed by atoms with Crippen molar-refractivity contribution in [2.75, 3.05) is 20.0 Å². The lowest BCUT2D eigenvalue weighted by molar-refractivity contribution is -0.309. The molecule has 2 aliphatic rings. The summed E-state index contributed by atoms with van der Waals surface area (Å²) in [7, 11) is 2.95. The Morgan fingerprint density at radius 2 is 2.15 bits per heavy atom. The molecule has 1 fully saturated rings. The summed E-state index contributed by atoms with van der Waals surface area (Å²) in [6.07, 6.45) is 0. The van der Waals surface area contributed by atoms with E-state index < -0.39 is 12.0 Å². The molecule has 1 aromatic rings. The molecule has 1 amide bonds. The van der Waals surface area contributed by atoms with Gasteiger partial charge in [0.25, 0.3) is 5.91 Å². The van der Waals surface area contributed by atoms with Crippen LogP contribution in [-0.4, -0.2) is 42.8 Å². The molecule has 20 heavy (non-hydrogen) atoms. The number of nitrogens with zero attached hydrogens (tertiary/aromatic N) is 1. The first-order chi connectivity index (χ1) is 9.60. The first kappa shape index (κ1) is 13.1. The Kier molecular flexibility index (Phi) is 3.01. The maximum atomic E-state index is 12.5. The average Bonchev–Trinajstić information content (AvgIpc) is 2.99. The van der Waals surface area contributed by atoms with Crippen LogP contribution in [-0.2, 0) is 4.79 Å². The van der Waals surface area contributed by atoms with E-state index in [0.717, 1.165) is 5.56 Å². The van der Waals surface area contributed by atoms with Crippen LogP contribution >= 0.6 is 11.8 Å². The number of carbonyl (C=O) groups is 2. The molecule has 7 heteroatoms. The third-order valence-corrected chi connectivity index (χ3v) is 4.87. The highest BCUT2D eigenvalue weighted by Crippen LogP contribution is 2.52. The van der Waals surface area contributed by atoms with Gasteiger partial charge in [-0.05, 0) is 6.07 Å². The summed E-state index contributed by atoms with van der Waals surface area (Å²) in [6.45, 7) is 0. The zero-order valence-corrected chi connectivity index (χ0v) is 11.7. The van der Waals surface area contributed by atoms with Gasteiger partial charge in [-0.1, -0.05) is 6.07 Å². The monoisotopic (exact) mass is 294 g/mol. The second kappa shape index (κ2) is 4.59. The first-order valence-electron chi connectivity index (χ1n) is 6.00. The van der Waals surface area contributed by atoms with Crippen molar-refractivity contribution >= 4 is 23.6 Å². The maximum Gasteiger partial charge on any atom is 0.259 e. The van der Waals surface area contributed by atoms with Crippen molar-refractivity contribution in [3.8, 4) is 11.5 Å². The van der Waals surface area contributed by atoms with Gasteiger partial charge in [0.1, 0.15) is 5.37 Å². The third-order valence-electron chi connectivity index (χ3n) is 3.56. The second-order valence-electron chi connectivity index (χ2n) is 4.50. The number of aliphatic carboxylic acids is 1. The molecule has 0 spiro atoms. The Hall–Kier alpha value is -1.89. The van der Waals surface area contributed by atoms with Crippen LogP contribution < -0.4 is 14.6 Å². The highest BCUT2D eigenvalue weighted by atomic mass is 32.2. The van der Waals surface area contributed by atoms with Crippen molar-refractivity contribution in [1.82, 2.24) is 4.90 Å². The predicted molar refractivity (Wildman–Crippen MR) is 69.7 cm³/mol. The van der Waals surface area contributed by atoms with Crippen molar-refractivity contribution in [2.24, 2.45) is 0 Å². The summed E-state index contributed by atoms with van der Waals surface area (Å²) >= 11 is 1.42. The van der Waals surface area contributed by atoms with E-state index in [0.29, 0.717) is 22.8 Å². The lowest BCUT2D eigenvalue weighted by Crippen LogP contribution is -2.47. The van der Waals surface area contributed by atoms with Gasteiger partial charge in [-0.3, -0.25) is 4.79 Å². The minimum atomic E-state index is -1.23. The first-order valence-corrected chi connectivity index (χ1v) is 7.05. The molecule has 2 heterocycles. The Balaban J connectivity index is 2.13. The average molecular weight is 294 g/mol. The zero-order valence-electron chi connectivity index (χ0n) is 10.9. The van der Waals surface area contributed by atoms with Gasteiger partial charge < -0.3 is 24.3 Å². The molecule has 2 atom stereocenters. The number of hydrogen-bond acceptors (Lipinski definition) is 6. The number of amides is 1. The Morgan fingerprint density at radius 3 is 2.75 bits per heavy atom. The summed E-state index contributed by atoms with van der Waals surface area (Å²) in [5.41, 5.74) is 1.15. The van der Waals surface area contributed by atoms with Crippen LogP contribution in [0.4, 0.5) is 0 Å². The largest absolute Gasteiger partial charge is 0.548 e. The fraction of sp³-hybridized carbons (Fsp3) is 0.385. The topological polar surface area (TPSA) is 78.9 Å². The molecule has 1 saturated heterocycles. The second-order valence-corrected chi connectivity index (χ2v) is 5.61. The van der Waals surface area contributed by atoms with Gasteiger partial charge in [0, 0.05) is 11.3 Å². The molecule has 0 aromatic heterocycles. The van der Waals surface area contributed by atoms with Crippen molar-refractivity contribution in [2.45, 2.75) is 11.4 Å². The number of ether oxygens (including phenoxy) is 2. The number of benzene rings is 1. The minimum absolute atomic E-state index is 0.291. The predicted octanol–water partition coefficient (Wildman–Crippen LogP) is 0.0235. The van der Waals surface area contributed by atoms with Crippen molar-refractivity contribution in [3.63, 3.8) is 0 Å². The third kappa shape index (κ3) is 1.59. The summed E-state index contributed by atoms with van der Waals surface area (Å²) in [6, 6.07) is 2.60. The van der Waals surface area contributed by atoms with Gasteiger partial charge in [-0.25, -0.2) is 0 Å². The maximum absolute atomic E-state index is 12.5. The molecule has 3 rings (SSSR count). The number of thioether (sulfide) groups is 1. The van der Waals surface area contributed by atoms with E-state index in [-0.39, 0.29) is 11.3 Å². The van der Waals surface area contributed by atoms with Gasteiger partial charge >= 0.3 is 0 Å². The van der Waals surface area contributed by atoms with Gasteiger partial charge in [0.05, 0.1) is 31.8 Å². The summed E-state index contributed by atoms with van der Waals surface area (Å²) in [5.74, 6) is -0.433. The van der Waals surface area contributed by atoms with Gasteiger partial charge in [0.15, 0.2) is 11.5 Å². The van der Waals surface area contributed by atoms with E-state index >= 15 is 0 Å². The van der Waals surface area contributed by atoms with E-state index in [4.69, 9.17) is 9.47 Å². The molecular weight excluding hydrogens is 282 g/mol. The number of methoxy groups -OCH3 is 2. The zero-order chi connectivity index (χ0) is 14.4. The molecule has 0 N–H and O–H groups in total. The molecule has 6 nitrogen and oxygen atoms in total. The number of rotatable bonds is 3. The van der Waals surface area contributed by atoms with E-state index in [1.165, 1.54) is 30.9 Å². The van der Waals surface area contributed by atoms with Crippen molar-refractivity contribution in [1.29, 1.82) is 0 Å². The number of carboxylic acids is 1. The minimum Gasteiger partial charge on any atom is -0.548 e. The van der Waals surface area contributed by atoms with E-state index in [2.05, 4.69) is 0 Å². The smallest absolute Gasteiger partial charge is 0.259 e. The standard InChI is InChI=1S/C13H13NO5S/c1-18-8-4-3-6-9(10(8)19-2)11(15)14-7(13(16)17)5-20-12(6)14/h3-4,7,12H,5H2,1-2H3,(H,16,17)/p-1/t7-,12+/m1/s1. The number of fused-ring (bicyclic) bond motifs is 3. The fourth-order valence-corrected chi connectivity index (χ4v) is 4.11. The lowest BCUT2D eigenvalue weighted by atomic mass is 10.1. The molecular formula is C13H12NO5S-. The van der Waals surface area contributed by atoms with Gasteiger partial charge in [-0.2, -0.15) is 0 Å². The molecule has 0 bridgehead atoms. The van der Waals surface area contributed by atoms with Crippen molar-refractivity contribution in [3.05, 3.63) is 23.3 Å². The highest BCUT2D eigenvalue weighted by molar-refractivity contribution is 7.99. The van der Waals surface area contributed by atoms with Gasteiger partial charge in [-0.15, -0.1) is 11.8 Å². The Labute approximate surface area is 119 Å². The van der Waals surface area contributed by atoms with Crippen LogP contribution in [0.15, 0.2) is 12.1 Å². The summed E-state index contributed by atoms with van der Waals surface area (Å²) in [4.78, 5) is 25.0. The molecule has 0 saturated carbocycles. The molecule has 0 radical (unpaired) electrons. The van der Waals surface area contributed by atoms with Crippen LogP contribution in [0, 0.1) is 0 Å². The SMILES string of the molecule is COc1ccc2c(c1OC)C(=O)N1[C@@H](C(=O)[O-])CS[C@@H]21. The van der Waals surface area contributed by atoms with E-state index in [9.17, 15) is 14.7 Å². The van der Waals surface area contributed by atoms with E-state index in [1.54, 1.807) is 12.1 Å². The van der Waals surface area contributed by atoms with Crippen molar-refractivity contribution < 1.29 is 24.2 Å². The highest BCUT2D eigenvalue weighted by Gasteiger charge is 2.48. The number of hydrogen-bond donors (Lipinski definition) is 0. The Bertz CT molecular complexity index is 603. The van der Waals surface area contributed by atoms with Crippen LogP contribution in [0.5, 0.6) is 11.5 Å². The lowest BCUT2D eigenvalue weighted by Gasteiger charge is -2.23. The molecule has 0 unspecified atom stereocenters. The summed E-state index contributed by atoms with van der Waals surface area (Å²) < 4.78 is 10.4. The molecule has 0 aliphatic carbocycles. The quantitative estimate of drug-likeness (QED) is 0.782. The van der Waals surface area contributed by atoms with Crippen LogP contribution in [0.1, 0.15) is 21.3 Å². The fourth-order valence-electron chi connectivity index (χ4n) is 2.67. The molecule has 1 aromatic carbocycles. The van der Waals surface area contributed by atoms with E-state index in [1.807, 2.05) is 0 Å². The van der Waals surface area contributed by atoms with Crippen LogP contribution in [0.3, 0.4) is 0 Å². The molecule has 2 aliphatic heterocycles. The number of carbonyl (C=O) groups excluding carboxylic acids is 2. The molecule has 106 valence electrons. The van der Waals surface area contributed by atoms with Crippen LogP contribution in [0.25, 0.3) is 0 Å². The summed E-state index contributed by atoms with van der Waals surface area (Å²) in [5, 5.41) is 10.9.